The van der Waals surface area contributed by atoms with E-state index in [1.165, 1.54) is 4.31 Å². The lowest BCUT2D eigenvalue weighted by atomic mass is 10.00. The van der Waals surface area contributed by atoms with E-state index >= 15 is 0 Å². The fourth-order valence-corrected chi connectivity index (χ4v) is 4.74. The predicted molar refractivity (Wildman–Crippen MR) is 103 cm³/mol. The van der Waals surface area contributed by atoms with Gasteiger partial charge in [-0.1, -0.05) is 26.0 Å². The SMILES string of the molecule is CC(C)C(C(=O)NC1CCCN(S(C)(=O)=O)C1)N1C(=O)c2ccccc2C1=O. The normalized spacial score (nSPS) is 21.7. The minimum Gasteiger partial charge on any atom is -0.350 e. The van der Waals surface area contributed by atoms with Crippen molar-refractivity contribution >= 4 is 27.7 Å². The molecule has 1 fully saturated rings. The average Bonchev–Trinajstić information content (AvgIpc) is 2.87. The van der Waals surface area contributed by atoms with Crippen molar-refractivity contribution in [1.29, 1.82) is 0 Å². The van der Waals surface area contributed by atoms with Gasteiger partial charge in [-0.15, -0.1) is 0 Å². The van der Waals surface area contributed by atoms with Gasteiger partial charge in [-0.3, -0.25) is 19.3 Å². The van der Waals surface area contributed by atoms with Gasteiger partial charge in [-0.2, -0.15) is 0 Å². The van der Waals surface area contributed by atoms with Gasteiger partial charge in [0.1, 0.15) is 6.04 Å². The molecule has 0 bridgehead atoms. The Bertz CT molecular complexity index is 877. The second kappa shape index (κ2) is 7.63. The molecule has 2 aliphatic heterocycles. The maximum atomic E-state index is 13.0. The molecule has 152 valence electrons. The molecular weight excluding hydrogens is 382 g/mol. The molecular formula is C19H25N3O5S. The zero-order valence-electron chi connectivity index (χ0n) is 16.2. The van der Waals surface area contributed by atoms with Crippen LogP contribution in [-0.4, -0.2) is 66.8 Å². The molecule has 2 unspecified atom stereocenters. The first-order valence-electron chi connectivity index (χ1n) is 9.33. The van der Waals surface area contributed by atoms with E-state index in [1.807, 2.05) is 0 Å². The summed E-state index contributed by atoms with van der Waals surface area (Å²) in [4.78, 5) is 39.6. The van der Waals surface area contributed by atoms with Gasteiger partial charge in [0.25, 0.3) is 11.8 Å². The number of fused-ring (bicyclic) bond motifs is 1. The highest BCUT2D eigenvalue weighted by Crippen LogP contribution is 2.27. The number of carbonyl (C=O) groups is 3. The molecule has 1 aromatic carbocycles. The molecule has 1 saturated heterocycles. The molecule has 1 aromatic rings. The van der Waals surface area contributed by atoms with Gasteiger partial charge >= 0.3 is 0 Å². The van der Waals surface area contributed by atoms with E-state index in [0.717, 1.165) is 11.2 Å². The van der Waals surface area contributed by atoms with Crippen LogP contribution in [0.4, 0.5) is 0 Å². The maximum Gasteiger partial charge on any atom is 0.262 e. The zero-order chi connectivity index (χ0) is 20.6. The van der Waals surface area contributed by atoms with Gasteiger partial charge in [0.15, 0.2) is 0 Å². The average molecular weight is 407 g/mol. The van der Waals surface area contributed by atoms with Crippen LogP contribution in [0.1, 0.15) is 47.4 Å². The quantitative estimate of drug-likeness (QED) is 0.729. The maximum absolute atomic E-state index is 13.0. The number of imide groups is 1. The molecule has 2 atom stereocenters. The number of carbonyl (C=O) groups excluding carboxylic acids is 3. The summed E-state index contributed by atoms with van der Waals surface area (Å²) in [5.74, 6) is -1.69. The minimum absolute atomic E-state index is 0.192. The molecule has 0 aliphatic carbocycles. The van der Waals surface area contributed by atoms with Crippen molar-refractivity contribution < 1.29 is 22.8 Å². The van der Waals surface area contributed by atoms with E-state index < -0.39 is 33.8 Å². The first kappa shape index (κ1) is 20.5. The number of rotatable bonds is 5. The lowest BCUT2D eigenvalue weighted by Crippen LogP contribution is -2.57. The third kappa shape index (κ3) is 3.81. The summed E-state index contributed by atoms with van der Waals surface area (Å²) in [7, 11) is -3.34. The topological polar surface area (TPSA) is 104 Å². The Balaban J connectivity index is 1.79. The van der Waals surface area contributed by atoms with Crippen molar-refractivity contribution in [1.82, 2.24) is 14.5 Å². The van der Waals surface area contributed by atoms with Crippen molar-refractivity contribution in [3.05, 3.63) is 35.4 Å². The van der Waals surface area contributed by atoms with Gasteiger partial charge in [0, 0.05) is 19.1 Å². The minimum atomic E-state index is -3.34. The van der Waals surface area contributed by atoms with E-state index in [2.05, 4.69) is 5.32 Å². The van der Waals surface area contributed by atoms with Crippen molar-refractivity contribution in [3.8, 4) is 0 Å². The second-order valence-corrected chi connectivity index (χ2v) is 9.67. The van der Waals surface area contributed by atoms with Gasteiger partial charge in [0.05, 0.1) is 17.4 Å². The van der Waals surface area contributed by atoms with Crippen LogP contribution in [0.15, 0.2) is 24.3 Å². The van der Waals surface area contributed by atoms with Crippen LogP contribution in [0.5, 0.6) is 0 Å². The summed E-state index contributed by atoms with van der Waals surface area (Å²) in [5, 5.41) is 2.86. The molecule has 3 rings (SSSR count). The number of sulfonamides is 1. The van der Waals surface area contributed by atoms with E-state index in [1.54, 1.807) is 38.1 Å². The summed E-state index contributed by atoms with van der Waals surface area (Å²) in [6.45, 7) is 4.17. The highest BCUT2D eigenvalue weighted by atomic mass is 32.2. The predicted octanol–water partition coefficient (Wildman–Crippen LogP) is 0.847. The van der Waals surface area contributed by atoms with Crippen LogP contribution in [0.3, 0.4) is 0 Å². The van der Waals surface area contributed by atoms with E-state index in [9.17, 15) is 22.8 Å². The molecule has 28 heavy (non-hydrogen) atoms. The molecule has 0 saturated carbocycles. The summed E-state index contributed by atoms with van der Waals surface area (Å²) in [6.07, 6.45) is 2.43. The molecule has 3 amide bonds. The highest BCUT2D eigenvalue weighted by Gasteiger charge is 2.44. The molecule has 1 N–H and O–H groups in total. The van der Waals surface area contributed by atoms with Crippen LogP contribution in [0.2, 0.25) is 0 Å². The van der Waals surface area contributed by atoms with E-state index in [0.29, 0.717) is 30.5 Å². The molecule has 8 nitrogen and oxygen atoms in total. The molecule has 0 spiro atoms. The third-order valence-electron chi connectivity index (χ3n) is 5.20. The first-order chi connectivity index (χ1) is 13.1. The number of nitrogens with zero attached hydrogens (tertiary/aromatic N) is 2. The van der Waals surface area contributed by atoms with Crippen LogP contribution in [-0.2, 0) is 14.8 Å². The first-order valence-corrected chi connectivity index (χ1v) is 11.2. The molecule has 2 aliphatic rings. The van der Waals surface area contributed by atoms with Crippen molar-refractivity contribution in [2.45, 2.75) is 38.8 Å². The van der Waals surface area contributed by atoms with Crippen LogP contribution in [0, 0.1) is 5.92 Å². The van der Waals surface area contributed by atoms with E-state index in [-0.39, 0.29) is 18.5 Å². The second-order valence-electron chi connectivity index (χ2n) is 7.68. The standard InChI is InChI=1S/C19H25N3O5S/c1-12(2)16(22-18(24)14-8-4-5-9-15(14)19(22)25)17(23)20-13-7-6-10-21(11-13)28(3,26)27/h4-5,8-9,12-13,16H,6-7,10-11H2,1-3H3,(H,20,23). The summed E-state index contributed by atoms with van der Waals surface area (Å²) >= 11 is 0. The smallest absolute Gasteiger partial charge is 0.262 e. The fraction of sp³-hybridized carbons (Fsp3) is 0.526. The molecule has 2 heterocycles. The van der Waals surface area contributed by atoms with Crippen LogP contribution < -0.4 is 5.32 Å². The number of nitrogens with one attached hydrogen (secondary N) is 1. The van der Waals surface area contributed by atoms with Gasteiger partial charge in [-0.05, 0) is 30.9 Å². The Labute approximate surface area is 164 Å². The van der Waals surface area contributed by atoms with Gasteiger partial charge < -0.3 is 5.32 Å². The Hall–Kier alpha value is -2.26. The number of amides is 3. The Morgan fingerprint density at radius 1 is 1.14 bits per heavy atom. The Morgan fingerprint density at radius 2 is 1.71 bits per heavy atom. The highest BCUT2D eigenvalue weighted by molar-refractivity contribution is 7.88. The summed E-state index contributed by atoms with van der Waals surface area (Å²) in [5.41, 5.74) is 0.596. The Kier molecular flexibility index (Phi) is 5.58. The molecule has 9 heteroatoms. The third-order valence-corrected chi connectivity index (χ3v) is 6.47. The fourth-order valence-electron chi connectivity index (χ4n) is 3.83. The largest absolute Gasteiger partial charge is 0.350 e. The van der Waals surface area contributed by atoms with Crippen LogP contribution in [0.25, 0.3) is 0 Å². The summed E-state index contributed by atoms with van der Waals surface area (Å²) in [6, 6.07) is 5.21. The van der Waals surface area contributed by atoms with Crippen molar-refractivity contribution in [2.75, 3.05) is 19.3 Å². The van der Waals surface area contributed by atoms with Crippen LogP contribution >= 0.6 is 0 Å². The van der Waals surface area contributed by atoms with Crippen molar-refractivity contribution in [3.63, 3.8) is 0 Å². The monoisotopic (exact) mass is 407 g/mol. The lowest BCUT2D eigenvalue weighted by molar-refractivity contribution is -0.127. The number of piperidine rings is 1. The lowest BCUT2D eigenvalue weighted by Gasteiger charge is -2.34. The number of benzene rings is 1. The number of hydrogen-bond acceptors (Lipinski definition) is 5. The zero-order valence-corrected chi connectivity index (χ0v) is 17.0. The molecule has 0 radical (unpaired) electrons. The van der Waals surface area contributed by atoms with Crippen molar-refractivity contribution in [2.24, 2.45) is 5.92 Å². The Morgan fingerprint density at radius 3 is 2.21 bits per heavy atom. The number of hydrogen-bond donors (Lipinski definition) is 1. The van der Waals surface area contributed by atoms with E-state index in [4.69, 9.17) is 0 Å². The van der Waals surface area contributed by atoms with Gasteiger partial charge in [0.2, 0.25) is 15.9 Å². The van der Waals surface area contributed by atoms with Gasteiger partial charge in [-0.25, -0.2) is 12.7 Å². The molecule has 0 aromatic heterocycles. The summed E-state index contributed by atoms with van der Waals surface area (Å²) < 4.78 is 24.9.